The highest BCUT2D eigenvalue weighted by Crippen LogP contribution is 2.09. The lowest BCUT2D eigenvalue weighted by atomic mass is 10.2. The van der Waals surface area contributed by atoms with Gasteiger partial charge in [0.1, 0.15) is 6.04 Å². The van der Waals surface area contributed by atoms with Crippen LogP contribution in [0, 0.1) is 0 Å². The van der Waals surface area contributed by atoms with Crippen LogP contribution >= 0.6 is 0 Å². The Morgan fingerprint density at radius 2 is 1.44 bits per heavy atom. The minimum absolute atomic E-state index is 0.170. The summed E-state index contributed by atoms with van der Waals surface area (Å²) in [4.78, 5) is 48.2. The number of carboxylic acids is 2. The summed E-state index contributed by atoms with van der Waals surface area (Å²) in [5.41, 5.74) is 9.24. The molecule has 0 spiro atoms. The molecule has 16 nitrogen and oxygen atoms in total. The van der Waals surface area contributed by atoms with E-state index in [1.807, 2.05) is 0 Å². The van der Waals surface area contributed by atoms with Gasteiger partial charge >= 0.3 is 18.0 Å². The molecule has 3 amide bonds. The monoisotopic (exact) mass is 554 g/mol. The molecular weight excluding hydrogens is 520 g/mol. The van der Waals surface area contributed by atoms with E-state index < -0.39 is 30.4 Å². The quantitative estimate of drug-likeness (QED) is 0.0593. The fourth-order valence-corrected chi connectivity index (χ4v) is 2.77. The van der Waals surface area contributed by atoms with Gasteiger partial charge in [0.25, 0.3) is 0 Å². The second-order valence-corrected chi connectivity index (χ2v) is 7.71. The summed E-state index contributed by atoms with van der Waals surface area (Å²) in [6, 6.07) is 4.03. The van der Waals surface area contributed by atoms with Crippen LogP contribution in [0.2, 0.25) is 0 Å². The Hall–Kier alpha value is -3.95. The van der Waals surface area contributed by atoms with E-state index in [9.17, 15) is 19.2 Å². The summed E-state index contributed by atoms with van der Waals surface area (Å²) in [6.07, 6.45) is -0.583. The fourth-order valence-electron chi connectivity index (χ4n) is 2.77. The molecule has 0 radical (unpaired) electrons. The van der Waals surface area contributed by atoms with Crippen molar-refractivity contribution in [3.63, 3.8) is 0 Å². The van der Waals surface area contributed by atoms with Crippen LogP contribution in [0.25, 0.3) is 10.4 Å². The minimum atomic E-state index is -1.56. The molecule has 1 atom stereocenters. The molecule has 1 aromatic carbocycles. The van der Waals surface area contributed by atoms with Gasteiger partial charge in [-0.15, -0.1) is 0 Å². The van der Waals surface area contributed by atoms with E-state index in [0.29, 0.717) is 51.9 Å². The number of azide groups is 1. The molecule has 1 aromatic rings. The third-order valence-corrected chi connectivity index (χ3v) is 4.67. The van der Waals surface area contributed by atoms with Gasteiger partial charge in [-0.1, -0.05) is 17.2 Å². The number of hydrogen-bond donors (Lipinski definition) is 5. The number of urea groups is 1. The number of aliphatic carboxylic acids is 2. The largest absolute Gasteiger partial charge is 0.481 e. The lowest BCUT2D eigenvalue weighted by Crippen LogP contribution is -2.44. The molecule has 0 saturated carbocycles. The van der Waals surface area contributed by atoms with E-state index in [4.69, 9.17) is 34.7 Å². The smallest absolute Gasteiger partial charge is 0.326 e. The summed E-state index contributed by atoms with van der Waals surface area (Å²) >= 11 is 0. The summed E-state index contributed by atoms with van der Waals surface area (Å²) in [5, 5.41) is 28.3. The normalized spacial score (nSPS) is 11.2. The second-order valence-electron chi connectivity index (χ2n) is 7.71. The summed E-state index contributed by atoms with van der Waals surface area (Å²) in [6.45, 7) is 3.45. The van der Waals surface area contributed by atoms with Gasteiger partial charge in [0, 0.05) is 30.1 Å². The van der Waals surface area contributed by atoms with Crippen molar-refractivity contribution in [2.24, 2.45) is 5.11 Å². The molecule has 0 heterocycles. The standard InChI is InChI=1S/C23H34N6O10/c24-29-26-6-8-37-10-12-39-14-13-38-11-9-36-7-5-20(30)25-16-17-1-3-18(4-2-17)27-23(35)28-19(22(33)34)15-21(31)32/h1-4,19H,5-16H2,(H,25,30)(H,31,32)(H,33,34)(H2,27,28,35). The topological polar surface area (TPSA) is 231 Å². The average molecular weight is 555 g/mol. The number of carbonyl (C=O) groups excluding carboxylic acids is 2. The van der Waals surface area contributed by atoms with Crippen molar-refractivity contribution >= 4 is 29.6 Å². The average Bonchev–Trinajstić information content (AvgIpc) is 2.89. The first-order valence-electron chi connectivity index (χ1n) is 12.0. The Kier molecular flexibility index (Phi) is 17.8. The number of anilines is 1. The van der Waals surface area contributed by atoms with E-state index in [2.05, 4.69) is 26.0 Å². The molecule has 1 unspecified atom stereocenters. The molecule has 0 aliphatic heterocycles. The molecule has 216 valence electrons. The molecule has 5 N–H and O–H groups in total. The zero-order valence-corrected chi connectivity index (χ0v) is 21.4. The van der Waals surface area contributed by atoms with Gasteiger partial charge < -0.3 is 45.1 Å². The van der Waals surface area contributed by atoms with Crippen LogP contribution in [0.4, 0.5) is 10.5 Å². The number of carbonyl (C=O) groups is 4. The highest BCUT2D eigenvalue weighted by Gasteiger charge is 2.23. The van der Waals surface area contributed by atoms with Crippen LogP contribution < -0.4 is 16.0 Å². The SMILES string of the molecule is [N-]=[N+]=NCCOCCOCCOCCOCCC(=O)NCc1ccc(NC(=O)NC(CC(=O)O)C(=O)O)cc1. The van der Waals surface area contributed by atoms with Crippen LogP contribution in [-0.2, 0) is 39.9 Å². The van der Waals surface area contributed by atoms with Gasteiger partial charge in [0.15, 0.2) is 0 Å². The Labute approximate surface area is 224 Å². The molecule has 1 rings (SSSR count). The Bertz CT molecular complexity index is 940. The van der Waals surface area contributed by atoms with Crippen molar-refractivity contribution in [2.75, 3.05) is 64.7 Å². The molecule has 0 aliphatic rings. The van der Waals surface area contributed by atoms with Crippen LogP contribution in [0.15, 0.2) is 29.4 Å². The summed E-state index contributed by atoms with van der Waals surface area (Å²) in [5.74, 6) is -3.02. The molecular formula is C23H34N6O10. The van der Waals surface area contributed by atoms with Gasteiger partial charge in [-0.25, -0.2) is 9.59 Å². The predicted octanol–water partition coefficient (Wildman–Crippen LogP) is 1.12. The number of benzene rings is 1. The Balaban J connectivity index is 2.08. The highest BCUT2D eigenvalue weighted by atomic mass is 16.6. The van der Waals surface area contributed by atoms with E-state index in [1.165, 1.54) is 0 Å². The molecule has 0 aromatic heterocycles. The van der Waals surface area contributed by atoms with E-state index in [0.717, 1.165) is 5.56 Å². The molecule has 0 fully saturated rings. The van der Waals surface area contributed by atoms with Crippen molar-refractivity contribution in [3.05, 3.63) is 40.3 Å². The zero-order chi connectivity index (χ0) is 28.7. The number of ether oxygens (including phenoxy) is 4. The zero-order valence-electron chi connectivity index (χ0n) is 21.4. The minimum Gasteiger partial charge on any atom is -0.481 e. The van der Waals surface area contributed by atoms with Gasteiger partial charge in [-0.2, -0.15) is 0 Å². The summed E-state index contributed by atoms with van der Waals surface area (Å²) in [7, 11) is 0. The van der Waals surface area contributed by atoms with Gasteiger partial charge in [-0.05, 0) is 23.2 Å². The Morgan fingerprint density at radius 3 is 1.97 bits per heavy atom. The van der Waals surface area contributed by atoms with Crippen LogP contribution in [0.3, 0.4) is 0 Å². The first kappa shape index (κ1) is 33.1. The fraction of sp³-hybridized carbons (Fsp3) is 0.565. The highest BCUT2D eigenvalue weighted by molar-refractivity contribution is 5.93. The molecule has 39 heavy (non-hydrogen) atoms. The summed E-state index contributed by atoms with van der Waals surface area (Å²) < 4.78 is 21.2. The van der Waals surface area contributed by atoms with Crippen LogP contribution in [0.5, 0.6) is 0 Å². The Morgan fingerprint density at radius 1 is 0.872 bits per heavy atom. The second kappa shape index (κ2) is 21.0. The van der Waals surface area contributed by atoms with Crippen LogP contribution in [0.1, 0.15) is 18.4 Å². The maximum Gasteiger partial charge on any atom is 0.326 e. The number of amides is 3. The first-order valence-corrected chi connectivity index (χ1v) is 12.0. The maximum absolute atomic E-state index is 12.0. The molecule has 0 aliphatic carbocycles. The van der Waals surface area contributed by atoms with E-state index >= 15 is 0 Å². The van der Waals surface area contributed by atoms with Crippen molar-refractivity contribution in [3.8, 4) is 0 Å². The molecule has 0 saturated heterocycles. The van der Waals surface area contributed by atoms with Crippen molar-refractivity contribution in [2.45, 2.75) is 25.4 Å². The lowest BCUT2D eigenvalue weighted by molar-refractivity contribution is -0.145. The van der Waals surface area contributed by atoms with Gasteiger partial charge in [0.05, 0.1) is 59.3 Å². The van der Waals surface area contributed by atoms with Gasteiger partial charge in [0.2, 0.25) is 5.91 Å². The molecule has 16 heteroatoms. The van der Waals surface area contributed by atoms with Crippen LogP contribution in [-0.4, -0.2) is 99.5 Å². The van der Waals surface area contributed by atoms with Crippen molar-refractivity contribution < 1.29 is 48.3 Å². The third-order valence-electron chi connectivity index (χ3n) is 4.67. The molecule has 0 bridgehead atoms. The number of carboxylic acid groups (broad SMARTS) is 2. The van der Waals surface area contributed by atoms with Crippen molar-refractivity contribution in [1.29, 1.82) is 0 Å². The number of nitrogens with one attached hydrogen (secondary N) is 3. The third kappa shape index (κ3) is 18.0. The van der Waals surface area contributed by atoms with Gasteiger partial charge in [-0.3, -0.25) is 9.59 Å². The maximum atomic E-state index is 12.0. The lowest BCUT2D eigenvalue weighted by Gasteiger charge is -2.13. The predicted molar refractivity (Wildman–Crippen MR) is 136 cm³/mol. The number of nitrogens with zero attached hydrogens (tertiary/aromatic N) is 3. The first-order chi connectivity index (χ1) is 18.8. The van der Waals surface area contributed by atoms with Crippen molar-refractivity contribution in [1.82, 2.24) is 10.6 Å². The van der Waals surface area contributed by atoms with E-state index in [1.54, 1.807) is 24.3 Å². The number of rotatable bonds is 22. The number of hydrogen-bond acceptors (Lipinski definition) is 9. The van der Waals surface area contributed by atoms with E-state index in [-0.39, 0.29) is 32.0 Å².